The minimum atomic E-state index is -0.245. The molecule has 0 unspecified atom stereocenters. The molecule has 10 nitrogen and oxygen atoms in total. The molecule has 1 amide bonds. The summed E-state index contributed by atoms with van der Waals surface area (Å²) in [7, 11) is 1.81. The molecule has 10 heteroatoms. The molecule has 1 saturated heterocycles. The maximum Gasteiger partial charge on any atom is 0.256 e. The van der Waals surface area contributed by atoms with Gasteiger partial charge in [0.25, 0.3) is 5.91 Å². The van der Waals surface area contributed by atoms with Crippen molar-refractivity contribution >= 4 is 29.0 Å². The molecular weight excluding hydrogens is 480 g/mol. The van der Waals surface area contributed by atoms with Crippen LogP contribution in [-0.2, 0) is 17.2 Å². The number of aromatic nitrogens is 2. The van der Waals surface area contributed by atoms with Gasteiger partial charge in [0.1, 0.15) is 23.2 Å². The first-order chi connectivity index (χ1) is 18.1. The SMILES string of the molecule is C=C/N=C1/C=CC(N2CCOCC2)=N/C1=C(/N)Nc1cc(C(=O)Nc2cc(C(C)(C)C)nn2C)ccc1C. The number of amides is 1. The third-order valence-corrected chi connectivity index (χ3v) is 6.34. The van der Waals surface area contributed by atoms with Crippen LogP contribution in [0.25, 0.3) is 0 Å². The molecule has 38 heavy (non-hydrogen) atoms. The number of nitrogens with two attached hydrogens (primary N) is 1. The minimum Gasteiger partial charge on any atom is -0.383 e. The van der Waals surface area contributed by atoms with Crippen molar-refractivity contribution in [1.82, 2.24) is 14.7 Å². The third kappa shape index (κ3) is 6.03. The molecule has 0 aliphatic carbocycles. The highest BCUT2D eigenvalue weighted by atomic mass is 16.5. The number of aliphatic imine (C=N–C) groups is 2. The molecule has 1 fully saturated rings. The topological polar surface area (TPSA) is 122 Å². The summed E-state index contributed by atoms with van der Waals surface area (Å²) < 4.78 is 7.14. The fourth-order valence-electron chi connectivity index (χ4n) is 4.05. The average molecular weight is 517 g/mol. The van der Waals surface area contributed by atoms with Crippen molar-refractivity contribution in [2.75, 3.05) is 36.9 Å². The molecular formula is C28H36N8O2. The number of benzene rings is 1. The van der Waals surface area contributed by atoms with Crippen molar-refractivity contribution in [3.05, 3.63) is 77.5 Å². The van der Waals surface area contributed by atoms with E-state index in [4.69, 9.17) is 15.5 Å². The van der Waals surface area contributed by atoms with E-state index in [0.717, 1.165) is 30.2 Å². The monoisotopic (exact) mass is 516 g/mol. The van der Waals surface area contributed by atoms with Crippen molar-refractivity contribution < 1.29 is 9.53 Å². The number of ether oxygens (including phenoxy) is 1. The van der Waals surface area contributed by atoms with Gasteiger partial charge in [-0.15, -0.1) is 0 Å². The first kappa shape index (κ1) is 26.9. The summed E-state index contributed by atoms with van der Waals surface area (Å²) in [5.41, 5.74) is 10.5. The lowest BCUT2D eigenvalue weighted by Gasteiger charge is -2.30. The van der Waals surface area contributed by atoms with Crippen LogP contribution in [0.4, 0.5) is 11.5 Å². The van der Waals surface area contributed by atoms with Gasteiger partial charge in [0.05, 0.1) is 24.6 Å². The van der Waals surface area contributed by atoms with Crippen LogP contribution in [0.15, 0.2) is 70.7 Å². The van der Waals surface area contributed by atoms with E-state index in [-0.39, 0.29) is 11.3 Å². The fourth-order valence-corrected chi connectivity index (χ4v) is 4.05. The van der Waals surface area contributed by atoms with E-state index in [1.165, 1.54) is 6.20 Å². The molecule has 0 atom stereocenters. The normalized spacial score (nSPS) is 18.3. The van der Waals surface area contributed by atoms with Gasteiger partial charge >= 0.3 is 0 Å². The van der Waals surface area contributed by atoms with E-state index in [9.17, 15) is 4.79 Å². The Labute approximate surface area is 223 Å². The zero-order valence-electron chi connectivity index (χ0n) is 22.7. The van der Waals surface area contributed by atoms with E-state index in [2.05, 4.69) is 53.0 Å². The molecule has 200 valence electrons. The van der Waals surface area contributed by atoms with Crippen molar-refractivity contribution in [1.29, 1.82) is 0 Å². The van der Waals surface area contributed by atoms with E-state index in [1.54, 1.807) is 16.8 Å². The number of rotatable bonds is 5. The number of carbonyl (C=O) groups is 1. The smallest absolute Gasteiger partial charge is 0.256 e. The number of aryl methyl sites for hydroxylation is 2. The summed E-state index contributed by atoms with van der Waals surface area (Å²) in [4.78, 5) is 24.4. The molecule has 3 heterocycles. The highest BCUT2D eigenvalue weighted by Gasteiger charge is 2.22. The van der Waals surface area contributed by atoms with Crippen molar-refractivity contribution in [2.24, 2.45) is 22.8 Å². The summed E-state index contributed by atoms with van der Waals surface area (Å²) >= 11 is 0. The van der Waals surface area contributed by atoms with Crippen LogP contribution in [0, 0.1) is 6.92 Å². The Morgan fingerprint density at radius 1 is 1.18 bits per heavy atom. The number of nitrogens with zero attached hydrogens (tertiary/aromatic N) is 5. The number of morpholine rings is 1. The Morgan fingerprint density at radius 3 is 2.58 bits per heavy atom. The van der Waals surface area contributed by atoms with Gasteiger partial charge in [-0.3, -0.25) is 14.5 Å². The van der Waals surface area contributed by atoms with Gasteiger partial charge in [-0.25, -0.2) is 4.99 Å². The summed E-state index contributed by atoms with van der Waals surface area (Å²) in [5.74, 6) is 1.50. The Kier molecular flexibility index (Phi) is 7.82. The van der Waals surface area contributed by atoms with Crippen molar-refractivity contribution in [3.63, 3.8) is 0 Å². The van der Waals surface area contributed by atoms with Gasteiger partial charge in [0, 0.05) is 49.1 Å². The quantitative estimate of drug-likeness (QED) is 0.557. The second-order valence-corrected chi connectivity index (χ2v) is 10.3. The van der Waals surface area contributed by atoms with Gasteiger partial charge in [-0.1, -0.05) is 33.4 Å². The number of allylic oxidation sites excluding steroid dienone is 1. The maximum absolute atomic E-state index is 13.1. The number of carbonyl (C=O) groups excluding carboxylic acids is 1. The molecule has 0 bridgehead atoms. The second-order valence-electron chi connectivity index (χ2n) is 10.3. The predicted octanol–water partition coefficient (Wildman–Crippen LogP) is 3.70. The standard InChI is InChI=1S/C28H36N8O2/c1-7-30-20-10-11-23(36-12-14-38-15-13-36)32-25(20)26(29)31-21-16-19(9-8-18(21)2)27(37)33-24-17-22(28(3,4)5)34-35(24)6/h7-11,16-17,31H,1,12-15,29H2,2-6H3,(H,33,37)/b26-25-,30-20-. The summed E-state index contributed by atoms with van der Waals surface area (Å²) in [6.45, 7) is 14.7. The molecule has 1 aromatic heterocycles. The highest BCUT2D eigenvalue weighted by molar-refractivity contribution is 6.16. The zero-order chi connectivity index (χ0) is 27.4. The van der Waals surface area contributed by atoms with Gasteiger partial charge < -0.3 is 26.0 Å². The number of dihydropyridines is 1. The Bertz CT molecular complexity index is 1350. The summed E-state index contributed by atoms with van der Waals surface area (Å²) in [5, 5.41) is 10.7. The second kappa shape index (κ2) is 11.1. The van der Waals surface area contributed by atoms with Crippen LogP contribution in [0.5, 0.6) is 0 Å². The number of hydrogen-bond donors (Lipinski definition) is 3. The first-order valence-corrected chi connectivity index (χ1v) is 12.6. The lowest BCUT2D eigenvalue weighted by atomic mass is 9.92. The van der Waals surface area contributed by atoms with E-state index in [0.29, 0.717) is 47.5 Å². The molecule has 0 saturated carbocycles. The number of amidine groups is 1. The van der Waals surface area contributed by atoms with Crippen molar-refractivity contribution in [3.8, 4) is 0 Å². The van der Waals surface area contributed by atoms with E-state index >= 15 is 0 Å². The lowest BCUT2D eigenvalue weighted by Crippen LogP contribution is -2.41. The van der Waals surface area contributed by atoms with Crippen LogP contribution in [0.2, 0.25) is 0 Å². The third-order valence-electron chi connectivity index (χ3n) is 6.34. The van der Waals surface area contributed by atoms with Crippen LogP contribution >= 0.6 is 0 Å². The van der Waals surface area contributed by atoms with E-state index in [1.807, 2.05) is 38.3 Å². The first-order valence-electron chi connectivity index (χ1n) is 12.6. The summed E-state index contributed by atoms with van der Waals surface area (Å²) in [6, 6.07) is 7.33. The molecule has 2 aliphatic heterocycles. The average Bonchev–Trinajstić information content (AvgIpc) is 3.26. The van der Waals surface area contributed by atoms with Crippen LogP contribution in [-0.4, -0.2) is 58.4 Å². The lowest BCUT2D eigenvalue weighted by molar-refractivity contribution is 0.0684. The molecule has 4 rings (SSSR count). The van der Waals surface area contributed by atoms with Crippen LogP contribution in [0.3, 0.4) is 0 Å². The van der Waals surface area contributed by atoms with Gasteiger partial charge in [-0.2, -0.15) is 5.10 Å². The molecule has 2 aliphatic rings. The van der Waals surface area contributed by atoms with Gasteiger partial charge in [0.2, 0.25) is 0 Å². The van der Waals surface area contributed by atoms with E-state index < -0.39 is 0 Å². The fraction of sp³-hybridized carbons (Fsp3) is 0.357. The van der Waals surface area contributed by atoms with Crippen LogP contribution in [0.1, 0.15) is 42.4 Å². The number of nitrogens with one attached hydrogen (secondary N) is 2. The molecule has 0 spiro atoms. The van der Waals surface area contributed by atoms with Crippen LogP contribution < -0.4 is 16.4 Å². The minimum absolute atomic E-state index is 0.126. The van der Waals surface area contributed by atoms with Gasteiger partial charge in [0.15, 0.2) is 0 Å². The predicted molar refractivity (Wildman–Crippen MR) is 152 cm³/mol. The maximum atomic E-state index is 13.1. The number of anilines is 2. The van der Waals surface area contributed by atoms with Crippen molar-refractivity contribution in [2.45, 2.75) is 33.1 Å². The molecule has 1 aromatic carbocycles. The largest absolute Gasteiger partial charge is 0.383 e. The zero-order valence-corrected chi connectivity index (χ0v) is 22.7. The molecule has 4 N–H and O–H groups in total. The Balaban J connectivity index is 1.60. The molecule has 2 aromatic rings. The summed E-state index contributed by atoms with van der Waals surface area (Å²) in [6.07, 6.45) is 5.26. The van der Waals surface area contributed by atoms with Gasteiger partial charge in [-0.05, 0) is 36.8 Å². The number of hydrogen-bond acceptors (Lipinski definition) is 8. The molecule has 0 radical (unpaired) electrons. The Hall–Kier alpha value is -4.18. The Morgan fingerprint density at radius 2 is 1.92 bits per heavy atom. The highest BCUT2D eigenvalue weighted by Crippen LogP contribution is 2.25.